The summed E-state index contributed by atoms with van der Waals surface area (Å²) in [5.41, 5.74) is 4.48. The molecule has 1 aromatic carbocycles. The van der Waals surface area contributed by atoms with E-state index in [2.05, 4.69) is 29.4 Å². The number of fused-ring (bicyclic) bond motifs is 1. The molecule has 29 heavy (non-hydrogen) atoms. The lowest BCUT2D eigenvalue weighted by Crippen LogP contribution is -2.47. The second kappa shape index (κ2) is 7.66. The number of nitrogens with zero attached hydrogens (tertiary/aromatic N) is 3. The van der Waals surface area contributed by atoms with E-state index in [1.54, 1.807) is 11.0 Å². The lowest BCUT2D eigenvalue weighted by atomic mass is 9.91. The number of hydrogen-bond donors (Lipinski definition) is 1. The Kier molecular flexibility index (Phi) is 5.05. The predicted octanol–water partition coefficient (Wildman–Crippen LogP) is 3.44. The molecule has 1 N–H and O–H groups in total. The molecule has 1 atom stereocenters. The Labute approximate surface area is 169 Å². The maximum atomic E-state index is 13.5. The van der Waals surface area contributed by atoms with Crippen LogP contribution in [0.5, 0.6) is 0 Å². The van der Waals surface area contributed by atoms with Crippen LogP contribution in [0, 0.1) is 18.7 Å². The van der Waals surface area contributed by atoms with Crippen molar-refractivity contribution in [1.29, 1.82) is 0 Å². The summed E-state index contributed by atoms with van der Waals surface area (Å²) in [5, 5.41) is 2.72. The molecule has 0 fully saturated rings. The number of hydrogen-bond acceptors (Lipinski definition) is 3. The van der Waals surface area contributed by atoms with Gasteiger partial charge in [0.1, 0.15) is 12.4 Å². The summed E-state index contributed by atoms with van der Waals surface area (Å²) in [7, 11) is 0. The van der Waals surface area contributed by atoms with Gasteiger partial charge in [-0.2, -0.15) is 0 Å². The highest BCUT2D eigenvalue weighted by molar-refractivity contribution is 5.95. The third-order valence-corrected chi connectivity index (χ3v) is 5.44. The van der Waals surface area contributed by atoms with Gasteiger partial charge in [0.25, 0.3) is 0 Å². The van der Waals surface area contributed by atoms with Crippen LogP contribution < -0.4 is 5.32 Å². The van der Waals surface area contributed by atoms with E-state index in [4.69, 9.17) is 0 Å². The lowest BCUT2D eigenvalue weighted by molar-refractivity contribution is -0.131. The summed E-state index contributed by atoms with van der Waals surface area (Å²) >= 11 is 0. The van der Waals surface area contributed by atoms with Gasteiger partial charge in [-0.15, -0.1) is 0 Å². The molecule has 2 aromatic rings. The van der Waals surface area contributed by atoms with Gasteiger partial charge in [-0.3, -0.25) is 9.78 Å². The summed E-state index contributed by atoms with van der Waals surface area (Å²) in [5.74, 6) is -0.314. The molecule has 1 unspecified atom stereocenters. The van der Waals surface area contributed by atoms with E-state index in [9.17, 15) is 14.0 Å². The average Bonchev–Trinajstić information content (AvgIpc) is 2.69. The molecule has 3 amide bonds. The standard InChI is InChI=1S/C22H23FN4O2/c1-14-11-26(8-7-19(14)16-4-3-15(2)24-10-16)21(28)13-27-12-17-9-18(23)5-6-20(17)25-22(27)29/h3-7,9-10,14H,8,11-13H2,1-2H3,(H,25,29). The monoisotopic (exact) mass is 394 g/mol. The molecule has 0 saturated carbocycles. The van der Waals surface area contributed by atoms with Gasteiger partial charge < -0.3 is 15.1 Å². The SMILES string of the molecule is Cc1ccc(C2=CCN(C(=O)CN3Cc4cc(F)ccc4NC3=O)CC2C)cn1. The number of nitrogens with one attached hydrogen (secondary N) is 1. The predicted molar refractivity (Wildman–Crippen MR) is 109 cm³/mol. The maximum Gasteiger partial charge on any atom is 0.322 e. The molecule has 0 spiro atoms. The molecule has 0 bridgehead atoms. The smallest absolute Gasteiger partial charge is 0.322 e. The van der Waals surface area contributed by atoms with Gasteiger partial charge in [0.2, 0.25) is 5.91 Å². The molecule has 0 aliphatic carbocycles. The maximum absolute atomic E-state index is 13.5. The molecule has 6 nitrogen and oxygen atoms in total. The van der Waals surface area contributed by atoms with Gasteiger partial charge >= 0.3 is 6.03 Å². The highest BCUT2D eigenvalue weighted by Crippen LogP contribution is 2.28. The molecule has 7 heteroatoms. The van der Waals surface area contributed by atoms with E-state index in [1.165, 1.54) is 22.6 Å². The number of rotatable bonds is 3. The van der Waals surface area contributed by atoms with E-state index < -0.39 is 0 Å². The van der Waals surface area contributed by atoms with Crippen molar-refractivity contribution in [3.63, 3.8) is 0 Å². The Hall–Kier alpha value is -3.22. The first kappa shape index (κ1) is 19.1. The summed E-state index contributed by atoms with van der Waals surface area (Å²) in [6.07, 6.45) is 3.92. The van der Waals surface area contributed by atoms with Crippen molar-refractivity contribution in [3.8, 4) is 0 Å². The summed E-state index contributed by atoms with van der Waals surface area (Å²) in [4.78, 5) is 32.7. The van der Waals surface area contributed by atoms with Crippen molar-refractivity contribution >= 4 is 23.2 Å². The summed E-state index contributed by atoms with van der Waals surface area (Å²) in [6, 6.07) is 7.93. The van der Waals surface area contributed by atoms with Crippen LogP contribution in [0.4, 0.5) is 14.9 Å². The first-order valence-corrected chi connectivity index (χ1v) is 9.66. The van der Waals surface area contributed by atoms with Crippen molar-refractivity contribution in [1.82, 2.24) is 14.8 Å². The fourth-order valence-corrected chi connectivity index (χ4v) is 3.84. The molecule has 1 aromatic heterocycles. The topological polar surface area (TPSA) is 65.5 Å². The normalized spacial score (nSPS) is 18.8. The van der Waals surface area contributed by atoms with Crippen LogP contribution >= 0.6 is 0 Å². The summed E-state index contributed by atoms with van der Waals surface area (Å²) < 4.78 is 13.5. The zero-order valence-electron chi connectivity index (χ0n) is 16.5. The minimum atomic E-state index is -0.362. The van der Waals surface area contributed by atoms with Crippen molar-refractivity contribution in [2.45, 2.75) is 20.4 Å². The van der Waals surface area contributed by atoms with Crippen molar-refractivity contribution < 1.29 is 14.0 Å². The number of carbonyl (C=O) groups is 2. The van der Waals surface area contributed by atoms with Crippen LogP contribution in [0.3, 0.4) is 0 Å². The number of carbonyl (C=O) groups excluding carboxylic acids is 2. The number of benzene rings is 1. The molecule has 3 heterocycles. The molecule has 4 rings (SSSR count). The highest BCUT2D eigenvalue weighted by Gasteiger charge is 2.29. The van der Waals surface area contributed by atoms with Crippen molar-refractivity contribution in [2.24, 2.45) is 5.92 Å². The Morgan fingerprint density at radius 3 is 2.86 bits per heavy atom. The largest absolute Gasteiger partial charge is 0.337 e. The number of aromatic nitrogens is 1. The molecule has 2 aliphatic rings. The third-order valence-electron chi connectivity index (χ3n) is 5.44. The number of aryl methyl sites for hydroxylation is 1. The Morgan fingerprint density at radius 1 is 1.31 bits per heavy atom. The van der Waals surface area contributed by atoms with Gasteiger partial charge in [-0.1, -0.05) is 19.1 Å². The Balaban J connectivity index is 1.43. The lowest BCUT2D eigenvalue weighted by Gasteiger charge is -2.34. The summed E-state index contributed by atoms with van der Waals surface area (Å²) in [6.45, 7) is 5.28. The van der Waals surface area contributed by atoms with E-state index in [-0.39, 0.29) is 36.8 Å². The quantitative estimate of drug-likeness (QED) is 0.867. The van der Waals surface area contributed by atoms with E-state index in [0.717, 1.165) is 11.3 Å². The number of anilines is 1. The molecular weight excluding hydrogens is 371 g/mol. The van der Waals surface area contributed by atoms with Crippen LogP contribution in [-0.2, 0) is 11.3 Å². The number of pyridine rings is 1. The fraction of sp³-hybridized carbons (Fsp3) is 0.318. The van der Waals surface area contributed by atoms with Crippen LogP contribution in [0.1, 0.15) is 23.7 Å². The van der Waals surface area contributed by atoms with Gasteiger partial charge in [0.15, 0.2) is 0 Å². The second-order valence-electron chi connectivity index (χ2n) is 7.64. The van der Waals surface area contributed by atoms with Gasteiger partial charge in [-0.05, 0) is 53.8 Å². The first-order valence-electron chi connectivity index (χ1n) is 9.66. The Bertz CT molecular complexity index is 987. The van der Waals surface area contributed by atoms with Crippen LogP contribution in [-0.4, -0.2) is 46.4 Å². The molecular formula is C22H23FN4O2. The average molecular weight is 394 g/mol. The van der Waals surface area contributed by atoms with E-state index in [1.807, 2.05) is 19.2 Å². The van der Waals surface area contributed by atoms with Crippen LogP contribution in [0.25, 0.3) is 5.57 Å². The van der Waals surface area contributed by atoms with E-state index in [0.29, 0.717) is 24.3 Å². The zero-order chi connectivity index (χ0) is 20.5. The van der Waals surface area contributed by atoms with Crippen molar-refractivity contribution in [2.75, 3.05) is 25.0 Å². The minimum absolute atomic E-state index is 0.0379. The second-order valence-corrected chi connectivity index (χ2v) is 7.64. The number of amides is 3. The van der Waals surface area contributed by atoms with Crippen LogP contribution in [0.2, 0.25) is 0 Å². The first-order chi connectivity index (χ1) is 13.9. The number of urea groups is 1. The molecule has 2 aliphatic heterocycles. The zero-order valence-corrected chi connectivity index (χ0v) is 16.5. The van der Waals surface area contributed by atoms with Gasteiger partial charge in [-0.25, -0.2) is 9.18 Å². The third kappa shape index (κ3) is 3.99. The van der Waals surface area contributed by atoms with Crippen molar-refractivity contribution in [3.05, 3.63) is 65.2 Å². The van der Waals surface area contributed by atoms with Gasteiger partial charge in [0, 0.05) is 30.7 Å². The van der Waals surface area contributed by atoms with Gasteiger partial charge in [0.05, 0.1) is 6.54 Å². The molecule has 0 radical (unpaired) electrons. The fourth-order valence-electron chi connectivity index (χ4n) is 3.84. The molecule has 150 valence electrons. The minimum Gasteiger partial charge on any atom is -0.337 e. The highest BCUT2D eigenvalue weighted by atomic mass is 19.1. The van der Waals surface area contributed by atoms with Crippen LogP contribution in [0.15, 0.2) is 42.6 Å². The number of halogens is 1. The molecule has 0 saturated heterocycles. The Morgan fingerprint density at radius 2 is 2.14 bits per heavy atom. The van der Waals surface area contributed by atoms with E-state index >= 15 is 0 Å².